The largest absolute Gasteiger partial charge is 0.494 e. The van der Waals surface area contributed by atoms with Crippen LogP contribution in [-0.2, 0) is 6.42 Å². The van der Waals surface area contributed by atoms with Gasteiger partial charge in [-0.25, -0.2) is 9.18 Å². The van der Waals surface area contributed by atoms with E-state index in [2.05, 4.69) is 21.7 Å². The molecule has 0 saturated carbocycles. The van der Waals surface area contributed by atoms with E-state index in [1.807, 2.05) is 24.4 Å². The fourth-order valence-corrected chi connectivity index (χ4v) is 2.93. The van der Waals surface area contributed by atoms with Gasteiger partial charge in [0.15, 0.2) is 11.6 Å². The maximum Gasteiger partial charge on any atom is 0.315 e. The van der Waals surface area contributed by atoms with Gasteiger partial charge in [0.2, 0.25) is 0 Å². The smallest absolute Gasteiger partial charge is 0.315 e. The van der Waals surface area contributed by atoms with Crippen LogP contribution < -0.4 is 15.4 Å². The van der Waals surface area contributed by atoms with Crippen molar-refractivity contribution in [3.8, 4) is 5.75 Å². The molecule has 0 aliphatic rings. The summed E-state index contributed by atoms with van der Waals surface area (Å²) in [5.41, 5.74) is 2.92. The summed E-state index contributed by atoms with van der Waals surface area (Å²) < 4.78 is 18.7. The number of fused-ring (bicyclic) bond motifs is 1. The summed E-state index contributed by atoms with van der Waals surface area (Å²) in [7, 11) is 1.42. The Morgan fingerprint density at radius 2 is 2.08 bits per heavy atom. The molecule has 3 aromatic rings. The van der Waals surface area contributed by atoms with Crippen LogP contribution in [0.2, 0.25) is 0 Å². The highest BCUT2D eigenvalue weighted by Gasteiger charge is 2.12. The molecular weight excluding hydrogens is 333 g/mol. The summed E-state index contributed by atoms with van der Waals surface area (Å²) >= 11 is 0. The van der Waals surface area contributed by atoms with Crippen LogP contribution in [-0.4, -0.2) is 24.7 Å². The van der Waals surface area contributed by atoms with E-state index in [9.17, 15) is 9.18 Å². The van der Waals surface area contributed by atoms with Crippen molar-refractivity contribution in [2.45, 2.75) is 19.4 Å². The van der Waals surface area contributed by atoms with Gasteiger partial charge in [-0.1, -0.05) is 24.3 Å². The Hall–Kier alpha value is -3.02. The van der Waals surface area contributed by atoms with E-state index in [1.54, 1.807) is 19.1 Å². The van der Waals surface area contributed by atoms with Crippen molar-refractivity contribution >= 4 is 16.9 Å². The van der Waals surface area contributed by atoms with Gasteiger partial charge in [-0.3, -0.25) is 0 Å². The Labute approximate surface area is 151 Å². The predicted molar refractivity (Wildman–Crippen MR) is 99.9 cm³/mol. The second-order valence-electron chi connectivity index (χ2n) is 6.13. The normalized spacial score (nSPS) is 12.0. The van der Waals surface area contributed by atoms with Crippen molar-refractivity contribution < 1.29 is 13.9 Å². The van der Waals surface area contributed by atoms with Gasteiger partial charge < -0.3 is 20.4 Å². The fourth-order valence-electron chi connectivity index (χ4n) is 2.93. The first-order valence-corrected chi connectivity index (χ1v) is 8.51. The molecule has 0 aliphatic heterocycles. The summed E-state index contributed by atoms with van der Waals surface area (Å²) in [6.07, 6.45) is 2.69. The number of amides is 2. The van der Waals surface area contributed by atoms with E-state index in [4.69, 9.17) is 4.74 Å². The average Bonchev–Trinajstić information content (AvgIpc) is 3.05. The van der Waals surface area contributed by atoms with Gasteiger partial charge in [-0.05, 0) is 42.7 Å². The van der Waals surface area contributed by atoms with Crippen LogP contribution in [0.3, 0.4) is 0 Å². The number of hydrogen-bond acceptors (Lipinski definition) is 2. The highest BCUT2D eigenvalue weighted by molar-refractivity contribution is 5.83. The number of hydrogen-bond donors (Lipinski definition) is 3. The number of methoxy groups -OCH3 is 1. The number of nitrogens with one attached hydrogen (secondary N) is 3. The number of urea groups is 1. The van der Waals surface area contributed by atoms with Gasteiger partial charge in [-0.2, -0.15) is 0 Å². The number of para-hydroxylation sites is 1. The zero-order valence-corrected chi connectivity index (χ0v) is 14.8. The van der Waals surface area contributed by atoms with Crippen molar-refractivity contribution in [2.75, 3.05) is 13.7 Å². The van der Waals surface area contributed by atoms with Crippen molar-refractivity contribution in [2.24, 2.45) is 0 Å². The van der Waals surface area contributed by atoms with Gasteiger partial charge in [0, 0.05) is 23.6 Å². The topological polar surface area (TPSA) is 66.2 Å². The van der Waals surface area contributed by atoms with Gasteiger partial charge in [0.1, 0.15) is 0 Å². The molecule has 2 aromatic carbocycles. The molecule has 0 fully saturated rings. The third-order valence-corrected chi connectivity index (χ3v) is 4.38. The molecule has 136 valence electrons. The minimum absolute atomic E-state index is 0.184. The van der Waals surface area contributed by atoms with E-state index in [0.717, 1.165) is 22.9 Å². The number of benzene rings is 2. The van der Waals surface area contributed by atoms with Gasteiger partial charge >= 0.3 is 6.03 Å². The Balaban J connectivity index is 1.51. The lowest BCUT2D eigenvalue weighted by molar-refractivity contribution is 0.238. The number of halogens is 1. The molecule has 0 spiro atoms. The summed E-state index contributed by atoms with van der Waals surface area (Å²) in [6.45, 7) is 2.32. The molecule has 0 bridgehead atoms. The molecule has 3 rings (SSSR count). The number of H-pyrrole nitrogens is 1. The lowest BCUT2D eigenvalue weighted by Gasteiger charge is -2.16. The summed E-state index contributed by atoms with van der Waals surface area (Å²) in [4.78, 5) is 15.3. The van der Waals surface area contributed by atoms with Gasteiger partial charge in [0.25, 0.3) is 0 Å². The number of aromatic amines is 1. The molecule has 2 amide bonds. The van der Waals surface area contributed by atoms with Gasteiger partial charge in [-0.15, -0.1) is 0 Å². The molecule has 0 unspecified atom stereocenters. The minimum atomic E-state index is -0.446. The number of ether oxygens (including phenoxy) is 1. The molecule has 1 aromatic heterocycles. The first-order valence-electron chi connectivity index (χ1n) is 8.51. The van der Waals surface area contributed by atoms with Crippen molar-refractivity contribution in [1.29, 1.82) is 0 Å². The molecule has 26 heavy (non-hydrogen) atoms. The SMILES string of the molecule is COc1ccc([C@H](C)NC(=O)NCCc2c[nH]c3ccccc23)cc1F. The monoisotopic (exact) mass is 355 g/mol. The second kappa shape index (κ2) is 7.91. The Morgan fingerprint density at radius 1 is 1.27 bits per heavy atom. The van der Waals surface area contributed by atoms with Crippen LogP contribution in [0, 0.1) is 5.82 Å². The molecular formula is C20H22FN3O2. The molecule has 0 saturated heterocycles. The van der Waals surface area contributed by atoms with E-state index >= 15 is 0 Å². The molecule has 1 atom stereocenters. The number of carbonyl (C=O) groups excluding carboxylic acids is 1. The third-order valence-electron chi connectivity index (χ3n) is 4.38. The van der Waals surface area contributed by atoms with Crippen molar-refractivity contribution in [3.63, 3.8) is 0 Å². The Morgan fingerprint density at radius 3 is 2.85 bits per heavy atom. The molecule has 0 radical (unpaired) electrons. The number of carbonyl (C=O) groups is 1. The average molecular weight is 355 g/mol. The first-order chi connectivity index (χ1) is 12.6. The first kappa shape index (κ1) is 17.8. The minimum Gasteiger partial charge on any atom is -0.494 e. The Bertz CT molecular complexity index is 907. The van der Waals surface area contributed by atoms with Crippen LogP contribution in [0.1, 0.15) is 24.1 Å². The third kappa shape index (κ3) is 3.96. The fraction of sp³-hybridized carbons (Fsp3) is 0.250. The van der Waals surface area contributed by atoms with E-state index in [0.29, 0.717) is 12.1 Å². The molecule has 5 nitrogen and oxygen atoms in total. The zero-order chi connectivity index (χ0) is 18.5. The zero-order valence-electron chi connectivity index (χ0n) is 14.8. The van der Waals surface area contributed by atoms with Crippen molar-refractivity contribution in [1.82, 2.24) is 15.6 Å². The molecule has 6 heteroatoms. The van der Waals surface area contributed by atoms with Crippen LogP contribution in [0.25, 0.3) is 10.9 Å². The van der Waals surface area contributed by atoms with E-state index in [1.165, 1.54) is 13.2 Å². The molecule has 3 N–H and O–H groups in total. The van der Waals surface area contributed by atoms with Crippen molar-refractivity contribution in [3.05, 3.63) is 65.6 Å². The summed E-state index contributed by atoms with van der Waals surface area (Å²) in [5.74, 6) is -0.262. The summed E-state index contributed by atoms with van der Waals surface area (Å²) in [5, 5.41) is 6.82. The lowest BCUT2D eigenvalue weighted by Crippen LogP contribution is -2.38. The van der Waals surface area contributed by atoms with E-state index in [-0.39, 0.29) is 17.8 Å². The molecule has 0 aliphatic carbocycles. The second-order valence-corrected chi connectivity index (χ2v) is 6.13. The van der Waals surface area contributed by atoms with Gasteiger partial charge in [0.05, 0.1) is 13.2 Å². The van der Waals surface area contributed by atoms with Crippen LogP contribution in [0.15, 0.2) is 48.7 Å². The number of rotatable bonds is 6. The van der Waals surface area contributed by atoms with Crippen LogP contribution in [0.5, 0.6) is 5.75 Å². The maximum atomic E-state index is 13.8. The Kier molecular flexibility index (Phi) is 5.41. The quantitative estimate of drug-likeness (QED) is 0.627. The predicted octanol–water partition coefficient (Wildman–Crippen LogP) is 3.92. The highest BCUT2D eigenvalue weighted by Crippen LogP contribution is 2.21. The maximum absolute atomic E-state index is 13.8. The molecule has 1 heterocycles. The standard InChI is InChI=1S/C20H22FN3O2/c1-13(14-7-8-19(26-2)17(21)11-14)24-20(25)22-10-9-15-12-23-18-6-4-3-5-16(15)18/h3-8,11-13,23H,9-10H2,1-2H3,(H2,22,24,25)/t13-/m0/s1. The van der Waals surface area contributed by atoms with Crippen LogP contribution in [0.4, 0.5) is 9.18 Å². The lowest BCUT2D eigenvalue weighted by atomic mass is 10.1. The van der Waals surface area contributed by atoms with E-state index < -0.39 is 5.82 Å². The summed E-state index contributed by atoms with van der Waals surface area (Å²) in [6, 6.07) is 12.1. The highest BCUT2D eigenvalue weighted by atomic mass is 19.1. The number of aromatic nitrogens is 1. The van der Waals surface area contributed by atoms with Crippen LogP contribution >= 0.6 is 0 Å².